The Labute approximate surface area is 104 Å². The number of nitrogens with one attached hydrogen (secondary N) is 1. The van der Waals surface area contributed by atoms with Gasteiger partial charge in [-0.25, -0.2) is 4.79 Å². The molecule has 2 N–H and O–H groups in total. The maximum absolute atomic E-state index is 11.8. The Morgan fingerprint density at radius 2 is 2.33 bits per heavy atom. The average Bonchev–Trinajstić information content (AvgIpc) is 2.90. The van der Waals surface area contributed by atoms with E-state index in [1.165, 1.54) is 18.6 Å². The Hall–Kier alpha value is -1.82. The third-order valence-corrected chi connectivity index (χ3v) is 3.00. The first-order valence-corrected chi connectivity index (χ1v) is 5.82. The van der Waals surface area contributed by atoms with Gasteiger partial charge in [-0.1, -0.05) is 0 Å². The van der Waals surface area contributed by atoms with Crippen LogP contribution in [0.25, 0.3) is 0 Å². The molecular weight excluding hydrogens is 238 g/mol. The zero-order valence-electron chi connectivity index (χ0n) is 9.80. The van der Waals surface area contributed by atoms with E-state index in [2.05, 4.69) is 5.32 Å². The lowest BCUT2D eigenvalue weighted by atomic mass is 9.93. The molecule has 2 unspecified atom stereocenters. The fourth-order valence-electron chi connectivity index (χ4n) is 2.03. The number of carbonyl (C=O) groups excluding carboxylic acids is 1. The lowest BCUT2D eigenvalue weighted by Crippen LogP contribution is -2.48. The van der Waals surface area contributed by atoms with Crippen molar-refractivity contribution in [3.8, 4) is 0 Å². The molecule has 1 fully saturated rings. The van der Waals surface area contributed by atoms with Gasteiger partial charge in [-0.2, -0.15) is 0 Å². The van der Waals surface area contributed by atoms with Crippen LogP contribution in [0.1, 0.15) is 23.2 Å². The molecule has 0 aliphatic carbocycles. The summed E-state index contributed by atoms with van der Waals surface area (Å²) < 4.78 is 10.0. The van der Waals surface area contributed by atoms with Gasteiger partial charge in [0, 0.05) is 12.5 Å². The van der Waals surface area contributed by atoms with E-state index in [0.29, 0.717) is 18.8 Å². The number of amides is 1. The zero-order valence-corrected chi connectivity index (χ0v) is 9.80. The SMILES string of the molecule is O=C(NC(C(=O)O)C1CCCOC1)c1ccoc1. The smallest absolute Gasteiger partial charge is 0.326 e. The number of furan rings is 1. The van der Waals surface area contributed by atoms with Crippen LogP contribution in [-0.4, -0.2) is 36.2 Å². The van der Waals surface area contributed by atoms with E-state index in [1.807, 2.05) is 0 Å². The van der Waals surface area contributed by atoms with Gasteiger partial charge in [0.15, 0.2) is 0 Å². The Balaban J connectivity index is 2.02. The Kier molecular flexibility index (Phi) is 3.99. The second kappa shape index (κ2) is 5.68. The molecule has 2 rings (SSSR count). The topological polar surface area (TPSA) is 88.8 Å². The molecule has 1 amide bonds. The van der Waals surface area contributed by atoms with E-state index < -0.39 is 17.9 Å². The molecule has 1 aromatic heterocycles. The lowest BCUT2D eigenvalue weighted by molar-refractivity contribution is -0.142. The number of carbonyl (C=O) groups is 2. The molecular formula is C12H15NO5. The van der Waals surface area contributed by atoms with Crippen LogP contribution >= 0.6 is 0 Å². The zero-order chi connectivity index (χ0) is 13.0. The van der Waals surface area contributed by atoms with Gasteiger partial charge >= 0.3 is 5.97 Å². The number of carboxylic acid groups (broad SMARTS) is 1. The molecule has 1 saturated heterocycles. The predicted molar refractivity (Wildman–Crippen MR) is 61.1 cm³/mol. The average molecular weight is 253 g/mol. The van der Waals surface area contributed by atoms with Crippen molar-refractivity contribution in [1.82, 2.24) is 5.32 Å². The maximum Gasteiger partial charge on any atom is 0.326 e. The van der Waals surface area contributed by atoms with E-state index in [-0.39, 0.29) is 5.92 Å². The third kappa shape index (κ3) is 2.89. The molecule has 18 heavy (non-hydrogen) atoms. The van der Waals surface area contributed by atoms with Gasteiger partial charge in [-0.15, -0.1) is 0 Å². The number of ether oxygens (including phenoxy) is 1. The predicted octanol–water partition coefficient (Wildman–Crippen LogP) is 0.889. The normalized spacial score (nSPS) is 21.2. The first-order valence-electron chi connectivity index (χ1n) is 5.82. The lowest BCUT2D eigenvalue weighted by Gasteiger charge is -2.27. The molecule has 0 bridgehead atoms. The molecule has 0 aromatic carbocycles. The van der Waals surface area contributed by atoms with Crippen LogP contribution in [0.5, 0.6) is 0 Å². The van der Waals surface area contributed by atoms with Gasteiger partial charge in [0.25, 0.3) is 5.91 Å². The van der Waals surface area contributed by atoms with Crippen molar-refractivity contribution in [1.29, 1.82) is 0 Å². The van der Waals surface area contributed by atoms with Crippen LogP contribution < -0.4 is 5.32 Å². The fraction of sp³-hybridized carbons (Fsp3) is 0.500. The van der Waals surface area contributed by atoms with E-state index in [0.717, 1.165) is 12.8 Å². The summed E-state index contributed by atoms with van der Waals surface area (Å²) in [5.41, 5.74) is 0.318. The largest absolute Gasteiger partial charge is 0.480 e. The van der Waals surface area contributed by atoms with Crippen molar-refractivity contribution >= 4 is 11.9 Å². The van der Waals surface area contributed by atoms with Crippen LogP contribution in [0.3, 0.4) is 0 Å². The first kappa shape index (κ1) is 12.6. The molecule has 98 valence electrons. The summed E-state index contributed by atoms with van der Waals surface area (Å²) in [5.74, 6) is -1.67. The van der Waals surface area contributed by atoms with Crippen molar-refractivity contribution in [2.45, 2.75) is 18.9 Å². The number of hydrogen-bond donors (Lipinski definition) is 2. The summed E-state index contributed by atoms with van der Waals surface area (Å²) in [6, 6.07) is 0.568. The van der Waals surface area contributed by atoms with Gasteiger partial charge in [0.1, 0.15) is 12.3 Å². The van der Waals surface area contributed by atoms with Gasteiger partial charge in [-0.3, -0.25) is 4.79 Å². The minimum atomic E-state index is -1.04. The standard InChI is InChI=1S/C12H15NO5/c14-11(9-3-5-18-7-9)13-10(12(15)16)8-2-1-4-17-6-8/h3,5,7-8,10H,1-2,4,6H2,(H,13,14)(H,15,16). The number of rotatable bonds is 4. The van der Waals surface area contributed by atoms with Gasteiger partial charge in [0.05, 0.1) is 18.4 Å². The minimum absolute atomic E-state index is 0.188. The highest BCUT2D eigenvalue weighted by Gasteiger charge is 2.31. The molecule has 1 aliphatic rings. The van der Waals surface area contributed by atoms with Crippen molar-refractivity contribution < 1.29 is 23.8 Å². The van der Waals surface area contributed by atoms with E-state index in [9.17, 15) is 14.7 Å². The number of hydrogen-bond acceptors (Lipinski definition) is 4. The van der Waals surface area contributed by atoms with Crippen molar-refractivity contribution in [2.24, 2.45) is 5.92 Å². The van der Waals surface area contributed by atoms with Crippen LogP contribution in [0.4, 0.5) is 0 Å². The highest BCUT2D eigenvalue weighted by atomic mass is 16.5. The summed E-state index contributed by atoms with van der Waals surface area (Å²) in [6.45, 7) is 1.02. The van der Waals surface area contributed by atoms with Crippen molar-refractivity contribution in [3.05, 3.63) is 24.2 Å². The molecule has 1 aromatic rings. The second-order valence-corrected chi connectivity index (χ2v) is 4.28. The van der Waals surface area contributed by atoms with E-state index >= 15 is 0 Å². The molecule has 1 aliphatic heterocycles. The first-order chi connectivity index (χ1) is 8.68. The Morgan fingerprint density at radius 1 is 1.50 bits per heavy atom. The second-order valence-electron chi connectivity index (χ2n) is 4.28. The summed E-state index contributed by atoms with van der Waals surface area (Å²) >= 11 is 0. The van der Waals surface area contributed by atoms with Crippen LogP contribution in [0.15, 0.2) is 23.0 Å². The van der Waals surface area contributed by atoms with Gasteiger partial charge in [-0.05, 0) is 18.9 Å². The molecule has 0 spiro atoms. The van der Waals surface area contributed by atoms with Gasteiger partial charge in [0.2, 0.25) is 0 Å². The third-order valence-electron chi connectivity index (χ3n) is 3.00. The summed E-state index contributed by atoms with van der Waals surface area (Å²) in [6.07, 6.45) is 4.21. The summed E-state index contributed by atoms with van der Waals surface area (Å²) in [7, 11) is 0. The molecule has 0 saturated carbocycles. The summed E-state index contributed by atoms with van der Waals surface area (Å²) in [5, 5.41) is 11.7. The summed E-state index contributed by atoms with van der Waals surface area (Å²) in [4.78, 5) is 23.0. The molecule has 0 radical (unpaired) electrons. The van der Waals surface area contributed by atoms with Crippen LogP contribution in [-0.2, 0) is 9.53 Å². The highest BCUT2D eigenvalue weighted by Crippen LogP contribution is 2.18. The molecule has 2 heterocycles. The highest BCUT2D eigenvalue weighted by molar-refractivity contribution is 5.96. The number of aliphatic carboxylic acids is 1. The fourth-order valence-corrected chi connectivity index (χ4v) is 2.03. The van der Waals surface area contributed by atoms with Crippen molar-refractivity contribution in [2.75, 3.05) is 13.2 Å². The van der Waals surface area contributed by atoms with Crippen molar-refractivity contribution in [3.63, 3.8) is 0 Å². The molecule has 2 atom stereocenters. The van der Waals surface area contributed by atoms with Gasteiger partial charge < -0.3 is 19.6 Å². The molecule has 6 nitrogen and oxygen atoms in total. The van der Waals surface area contributed by atoms with E-state index in [4.69, 9.17) is 9.15 Å². The minimum Gasteiger partial charge on any atom is -0.480 e. The van der Waals surface area contributed by atoms with Crippen LogP contribution in [0.2, 0.25) is 0 Å². The molecule has 6 heteroatoms. The number of carboxylic acids is 1. The monoisotopic (exact) mass is 253 g/mol. The van der Waals surface area contributed by atoms with E-state index in [1.54, 1.807) is 0 Å². The Morgan fingerprint density at radius 3 is 2.89 bits per heavy atom. The van der Waals surface area contributed by atoms with Crippen LogP contribution in [0, 0.1) is 5.92 Å². The quantitative estimate of drug-likeness (QED) is 0.831. The maximum atomic E-state index is 11.8. The Bertz CT molecular complexity index is 408.